The molecular formula is C18H22N5OS2+. The van der Waals surface area contributed by atoms with Gasteiger partial charge in [-0.1, -0.05) is 48.2 Å². The minimum atomic E-state index is -0.0142. The van der Waals surface area contributed by atoms with Crippen molar-refractivity contribution in [1.29, 1.82) is 0 Å². The zero-order chi connectivity index (χ0) is 18.4. The van der Waals surface area contributed by atoms with Crippen molar-refractivity contribution in [3.05, 3.63) is 53.4 Å². The fourth-order valence-electron chi connectivity index (χ4n) is 2.57. The molecule has 0 aliphatic carbocycles. The Hall–Kier alpha value is -2.16. The third kappa shape index (κ3) is 4.94. The zero-order valence-electron chi connectivity index (χ0n) is 14.7. The molecule has 0 spiro atoms. The molecule has 0 aliphatic rings. The van der Waals surface area contributed by atoms with E-state index in [1.165, 1.54) is 22.2 Å². The summed E-state index contributed by atoms with van der Waals surface area (Å²) in [5, 5.41) is 12.7. The molecule has 0 aliphatic heterocycles. The second kappa shape index (κ2) is 8.98. The molecule has 3 rings (SSSR count). The molecule has 1 aromatic carbocycles. The lowest BCUT2D eigenvalue weighted by Crippen LogP contribution is -3.07. The minimum absolute atomic E-state index is 0.0142. The van der Waals surface area contributed by atoms with Gasteiger partial charge < -0.3 is 10.2 Å². The Morgan fingerprint density at radius 3 is 2.77 bits per heavy atom. The molecule has 0 radical (unpaired) electrons. The number of H-pyrrole nitrogens is 1. The van der Waals surface area contributed by atoms with Gasteiger partial charge in [-0.15, -0.1) is 16.4 Å². The summed E-state index contributed by atoms with van der Waals surface area (Å²) in [6.07, 6.45) is 0. The van der Waals surface area contributed by atoms with Crippen LogP contribution in [0.3, 0.4) is 0 Å². The number of hydrogen-bond donors (Lipinski definition) is 3. The Balaban J connectivity index is 1.49. The molecular weight excluding hydrogens is 366 g/mol. The maximum atomic E-state index is 12.2. The van der Waals surface area contributed by atoms with Gasteiger partial charge in [-0.2, -0.15) is 0 Å². The molecule has 6 nitrogen and oxygen atoms in total. The minimum Gasteiger partial charge on any atom is -0.349 e. The van der Waals surface area contributed by atoms with Crippen molar-refractivity contribution in [3.63, 3.8) is 0 Å². The van der Waals surface area contributed by atoms with E-state index in [0.717, 1.165) is 10.7 Å². The topological polar surface area (TPSA) is 75.1 Å². The predicted molar refractivity (Wildman–Crippen MR) is 105 cm³/mol. The van der Waals surface area contributed by atoms with Crippen LogP contribution >= 0.6 is 23.1 Å². The molecule has 1 atom stereocenters. The van der Waals surface area contributed by atoms with E-state index < -0.39 is 0 Å². The lowest BCUT2D eigenvalue weighted by atomic mass is 10.1. The van der Waals surface area contributed by atoms with E-state index in [1.54, 1.807) is 11.3 Å². The molecule has 0 saturated heterocycles. The summed E-state index contributed by atoms with van der Waals surface area (Å²) >= 11 is 2.94. The number of likely N-dealkylation sites (N-methyl/N-ethyl adjacent to an activating group) is 1. The monoisotopic (exact) mass is 388 g/mol. The average Bonchev–Trinajstić information content (AvgIpc) is 3.32. The summed E-state index contributed by atoms with van der Waals surface area (Å²) < 4.78 is 0. The molecule has 2 heterocycles. The first-order chi connectivity index (χ1) is 12.6. The number of hydrogen-bond acceptors (Lipinski definition) is 5. The summed E-state index contributed by atoms with van der Waals surface area (Å²) in [4.78, 5) is 18.9. The van der Waals surface area contributed by atoms with Crippen LogP contribution in [0.25, 0.3) is 10.7 Å². The predicted octanol–water partition coefficient (Wildman–Crippen LogP) is 1.63. The largest absolute Gasteiger partial charge is 0.349 e. The highest BCUT2D eigenvalue weighted by Crippen LogP contribution is 2.23. The van der Waals surface area contributed by atoms with E-state index in [0.29, 0.717) is 17.5 Å². The highest BCUT2D eigenvalue weighted by molar-refractivity contribution is 7.99. The van der Waals surface area contributed by atoms with Crippen LogP contribution in [-0.4, -0.2) is 47.5 Å². The van der Waals surface area contributed by atoms with E-state index in [9.17, 15) is 4.79 Å². The van der Waals surface area contributed by atoms with Gasteiger partial charge in [0.2, 0.25) is 11.1 Å². The number of thiophene rings is 1. The molecule has 136 valence electrons. The number of amides is 1. The van der Waals surface area contributed by atoms with Gasteiger partial charge in [-0.3, -0.25) is 9.89 Å². The number of aromatic nitrogens is 3. The molecule has 0 saturated carbocycles. The Morgan fingerprint density at radius 1 is 1.27 bits per heavy atom. The number of aromatic amines is 1. The SMILES string of the molecule is C[NH+](C)[C@@H](CNC(=O)CSc1n[nH]c(-c2cccs2)n1)c1ccccc1. The van der Waals surface area contributed by atoms with Crippen molar-refractivity contribution >= 4 is 29.0 Å². The van der Waals surface area contributed by atoms with Crippen molar-refractivity contribution in [2.75, 3.05) is 26.4 Å². The van der Waals surface area contributed by atoms with Crippen LogP contribution in [0.4, 0.5) is 0 Å². The van der Waals surface area contributed by atoms with E-state index >= 15 is 0 Å². The number of carbonyl (C=O) groups excluding carboxylic acids is 1. The number of thioether (sulfide) groups is 1. The van der Waals surface area contributed by atoms with Crippen molar-refractivity contribution in [2.45, 2.75) is 11.2 Å². The number of nitrogens with zero attached hydrogens (tertiary/aromatic N) is 2. The number of nitrogens with one attached hydrogen (secondary N) is 3. The normalized spacial score (nSPS) is 12.3. The lowest BCUT2D eigenvalue weighted by molar-refractivity contribution is -0.890. The number of benzene rings is 1. The second-order valence-electron chi connectivity index (χ2n) is 6.08. The Bertz CT molecular complexity index is 817. The first-order valence-electron chi connectivity index (χ1n) is 8.34. The molecule has 0 fully saturated rings. The first-order valence-corrected chi connectivity index (χ1v) is 10.2. The van der Waals surface area contributed by atoms with Crippen LogP contribution in [0.5, 0.6) is 0 Å². The van der Waals surface area contributed by atoms with Crippen LogP contribution in [-0.2, 0) is 4.79 Å². The van der Waals surface area contributed by atoms with E-state index in [-0.39, 0.29) is 11.9 Å². The molecule has 26 heavy (non-hydrogen) atoms. The fraction of sp³-hybridized carbons (Fsp3) is 0.278. The first kappa shape index (κ1) is 18.6. The highest BCUT2D eigenvalue weighted by Gasteiger charge is 2.18. The number of quaternary nitrogens is 1. The number of rotatable bonds is 8. The lowest BCUT2D eigenvalue weighted by Gasteiger charge is -2.22. The van der Waals surface area contributed by atoms with E-state index in [1.807, 2.05) is 35.7 Å². The standard InChI is InChI=1S/C18H21N5OS2/c1-23(2)14(13-7-4-3-5-8-13)11-19-16(24)12-26-18-20-17(21-22-18)15-9-6-10-25-15/h3-10,14H,11-12H2,1-2H3,(H,19,24)(H,20,21,22)/p+1/t14-/m0/s1. The van der Waals surface area contributed by atoms with Gasteiger partial charge in [-0.05, 0) is 11.4 Å². The quantitative estimate of drug-likeness (QED) is 0.513. The van der Waals surface area contributed by atoms with Crippen LogP contribution < -0.4 is 10.2 Å². The van der Waals surface area contributed by atoms with E-state index in [2.05, 4.69) is 46.7 Å². The molecule has 0 unspecified atom stereocenters. The molecule has 3 N–H and O–H groups in total. The van der Waals surface area contributed by atoms with Gasteiger partial charge in [0, 0.05) is 5.56 Å². The zero-order valence-corrected chi connectivity index (χ0v) is 16.4. The van der Waals surface area contributed by atoms with Gasteiger partial charge in [0.25, 0.3) is 0 Å². The van der Waals surface area contributed by atoms with Crippen molar-refractivity contribution < 1.29 is 9.69 Å². The molecule has 0 bridgehead atoms. The van der Waals surface area contributed by atoms with Crippen molar-refractivity contribution in [2.24, 2.45) is 0 Å². The smallest absolute Gasteiger partial charge is 0.230 e. The van der Waals surface area contributed by atoms with Gasteiger partial charge in [0.05, 0.1) is 31.3 Å². The summed E-state index contributed by atoms with van der Waals surface area (Å²) in [5.74, 6) is 1.02. The van der Waals surface area contributed by atoms with Crippen LogP contribution in [0.15, 0.2) is 53.0 Å². The summed E-state index contributed by atoms with van der Waals surface area (Å²) in [6, 6.07) is 14.4. The average molecular weight is 389 g/mol. The maximum absolute atomic E-state index is 12.2. The van der Waals surface area contributed by atoms with E-state index in [4.69, 9.17) is 0 Å². The van der Waals surface area contributed by atoms with Gasteiger partial charge in [0.15, 0.2) is 5.82 Å². The van der Waals surface area contributed by atoms with Crippen LogP contribution in [0.1, 0.15) is 11.6 Å². The highest BCUT2D eigenvalue weighted by atomic mass is 32.2. The van der Waals surface area contributed by atoms with Crippen LogP contribution in [0.2, 0.25) is 0 Å². The van der Waals surface area contributed by atoms with Crippen LogP contribution in [0, 0.1) is 0 Å². The summed E-state index contributed by atoms with van der Waals surface area (Å²) in [5.41, 5.74) is 1.22. The van der Waals surface area contributed by atoms with Gasteiger partial charge >= 0.3 is 0 Å². The molecule has 3 aromatic rings. The Kier molecular flexibility index (Phi) is 6.43. The Labute approximate surface area is 161 Å². The molecule has 2 aromatic heterocycles. The molecule has 1 amide bonds. The second-order valence-corrected chi connectivity index (χ2v) is 7.97. The third-order valence-electron chi connectivity index (χ3n) is 3.95. The van der Waals surface area contributed by atoms with Crippen molar-refractivity contribution in [3.8, 4) is 10.7 Å². The maximum Gasteiger partial charge on any atom is 0.230 e. The summed E-state index contributed by atoms with van der Waals surface area (Å²) in [7, 11) is 4.19. The van der Waals surface area contributed by atoms with Gasteiger partial charge in [-0.25, -0.2) is 4.98 Å². The van der Waals surface area contributed by atoms with Crippen molar-refractivity contribution in [1.82, 2.24) is 20.5 Å². The van der Waals surface area contributed by atoms with Gasteiger partial charge in [0.1, 0.15) is 6.04 Å². The summed E-state index contributed by atoms with van der Waals surface area (Å²) in [6.45, 7) is 0.597. The fourth-order valence-corrected chi connectivity index (χ4v) is 3.86. The Morgan fingerprint density at radius 2 is 2.08 bits per heavy atom. The number of carbonyl (C=O) groups is 1. The molecule has 8 heteroatoms. The third-order valence-corrected chi connectivity index (χ3v) is 5.68.